The minimum atomic E-state index is -1.13. The maximum atomic E-state index is 14.0. The Morgan fingerprint density at radius 2 is 1.32 bits per heavy atom. The molecule has 0 spiro atoms. The van der Waals surface area contributed by atoms with Gasteiger partial charge in [0, 0.05) is 17.4 Å². The second-order valence-corrected chi connectivity index (χ2v) is 10.2. The lowest BCUT2D eigenvalue weighted by molar-refractivity contribution is -0.160. The van der Waals surface area contributed by atoms with Crippen LogP contribution < -0.4 is 4.74 Å². The summed E-state index contributed by atoms with van der Waals surface area (Å²) in [7, 11) is 0. The molecular weight excluding hydrogens is 428 g/mol. The first kappa shape index (κ1) is 18.7. The molecule has 3 heterocycles. The second-order valence-electron chi connectivity index (χ2n) is 10.2. The van der Waals surface area contributed by atoms with Crippen LogP contribution in [-0.2, 0) is 19.1 Å². The van der Waals surface area contributed by atoms with Crippen molar-refractivity contribution >= 4 is 17.7 Å². The van der Waals surface area contributed by atoms with Crippen LogP contribution in [0.5, 0.6) is 5.75 Å². The number of cyclic esters (lactones) is 2. The van der Waals surface area contributed by atoms with E-state index in [1.54, 1.807) is 12.2 Å². The fourth-order valence-corrected chi connectivity index (χ4v) is 8.43. The highest BCUT2D eigenvalue weighted by atomic mass is 16.6. The Morgan fingerprint density at radius 3 is 2.09 bits per heavy atom. The molecule has 6 atom stereocenters. The summed E-state index contributed by atoms with van der Waals surface area (Å²) in [6.07, 6.45) is 7.79. The summed E-state index contributed by atoms with van der Waals surface area (Å²) in [6, 6.07) is 15.9. The van der Waals surface area contributed by atoms with E-state index in [1.807, 2.05) is 54.6 Å². The first-order chi connectivity index (χ1) is 16.6. The van der Waals surface area contributed by atoms with Crippen molar-refractivity contribution in [2.45, 2.75) is 24.9 Å². The first-order valence-electron chi connectivity index (χ1n) is 11.9. The molecule has 1 saturated heterocycles. The number of rotatable bonds is 0. The van der Waals surface area contributed by atoms with E-state index >= 15 is 0 Å². The van der Waals surface area contributed by atoms with Gasteiger partial charge in [0.05, 0.1) is 0 Å². The minimum absolute atomic E-state index is 0.0550. The standard InChI is InChI=1S/C29H20O5/c30-16-11-9-15(10-12-16)23-20-13-14-21(23)29-25-18-6-2-1-5-17(18)24(19-7-3-4-8-22(19)33-25)28(20,29)26(31)34-27(29)32/h1-12,20-21,24-25H,13-14H2/t20-,21+,24+,25+,28-,29+/m0/s1. The third kappa shape index (κ3) is 1.73. The van der Waals surface area contributed by atoms with Gasteiger partial charge in [-0.15, -0.1) is 0 Å². The number of ketones is 1. The van der Waals surface area contributed by atoms with Gasteiger partial charge in [-0.05, 0) is 53.7 Å². The maximum absolute atomic E-state index is 14.0. The Bertz CT molecular complexity index is 1440. The Labute approximate surface area is 195 Å². The van der Waals surface area contributed by atoms with Crippen molar-refractivity contribution in [3.63, 3.8) is 0 Å². The molecular formula is C29H20O5. The molecule has 0 aromatic heterocycles. The van der Waals surface area contributed by atoms with E-state index in [2.05, 4.69) is 6.07 Å². The van der Waals surface area contributed by atoms with Crippen LogP contribution in [0, 0.1) is 22.7 Å². The number of carbonyl (C=O) groups excluding carboxylic acids is 3. The van der Waals surface area contributed by atoms with Crippen LogP contribution in [0.3, 0.4) is 0 Å². The molecule has 5 nitrogen and oxygen atoms in total. The number of esters is 2. The molecule has 4 bridgehead atoms. The predicted octanol–water partition coefficient (Wildman–Crippen LogP) is 4.35. The molecule has 9 rings (SSSR count). The number of carbonyl (C=O) groups is 3. The largest absolute Gasteiger partial charge is 0.484 e. The van der Waals surface area contributed by atoms with Gasteiger partial charge in [0.15, 0.2) is 5.78 Å². The van der Waals surface area contributed by atoms with Gasteiger partial charge in [0.1, 0.15) is 22.7 Å². The summed E-state index contributed by atoms with van der Waals surface area (Å²) in [6.45, 7) is 0. The fraction of sp³-hybridized carbons (Fsp3) is 0.276. The molecule has 3 fully saturated rings. The predicted molar refractivity (Wildman–Crippen MR) is 121 cm³/mol. The lowest BCUT2D eigenvalue weighted by Gasteiger charge is -2.52. The molecule has 3 aliphatic heterocycles. The lowest BCUT2D eigenvalue weighted by atomic mass is 9.45. The van der Waals surface area contributed by atoms with Gasteiger partial charge >= 0.3 is 11.9 Å². The molecule has 7 aliphatic rings. The summed E-state index contributed by atoms with van der Waals surface area (Å²) < 4.78 is 12.3. The summed E-state index contributed by atoms with van der Waals surface area (Å²) in [5.41, 5.74) is 2.80. The van der Waals surface area contributed by atoms with E-state index in [1.165, 1.54) is 0 Å². The molecule has 0 unspecified atom stereocenters. The van der Waals surface area contributed by atoms with Gasteiger partial charge in [-0.3, -0.25) is 14.4 Å². The van der Waals surface area contributed by atoms with E-state index in [0.717, 1.165) is 46.4 Å². The van der Waals surface area contributed by atoms with Gasteiger partial charge in [0.2, 0.25) is 0 Å². The van der Waals surface area contributed by atoms with Gasteiger partial charge in [-0.25, -0.2) is 0 Å². The van der Waals surface area contributed by atoms with E-state index in [9.17, 15) is 14.4 Å². The number of ether oxygens (including phenoxy) is 2. The molecule has 2 aromatic rings. The molecule has 166 valence electrons. The topological polar surface area (TPSA) is 69.7 Å². The molecule has 2 aromatic carbocycles. The van der Waals surface area contributed by atoms with Crippen LogP contribution in [-0.4, -0.2) is 17.7 Å². The van der Waals surface area contributed by atoms with E-state index in [4.69, 9.17) is 9.47 Å². The van der Waals surface area contributed by atoms with Crippen LogP contribution in [0.4, 0.5) is 0 Å². The molecule has 4 aliphatic carbocycles. The maximum Gasteiger partial charge on any atom is 0.325 e. The smallest absolute Gasteiger partial charge is 0.325 e. The normalized spacial score (nSPS) is 37.7. The van der Waals surface area contributed by atoms with Crippen molar-refractivity contribution in [1.29, 1.82) is 0 Å². The average Bonchev–Trinajstić information content (AvgIpc) is 3.40. The van der Waals surface area contributed by atoms with Gasteiger partial charge < -0.3 is 9.47 Å². The van der Waals surface area contributed by atoms with E-state index < -0.39 is 28.9 Å². The molecule has 0 amide bonds. The van der Waals surface area contributed by atoms with Crippen LogP contribution in [0.15, 0.2) is 84.0 Å². The number of fused-ring (bicyclic) bond motifs is 2. The van der Waals surface area contributed by atoms with Crippen molar-refractivity contribution < 1.29 is 23.9 Å². The zero-order chi connectivity index (χ0) is 22.8. The fourth-order valence-electron chi connectivity index (χ4n) is 8.43. The number of hydrogen-bond acceptors (Lipinski definition) is 5. The minimum Gasteiger partial charge on any atom is -0.484 e. The third-order valence-corrected chi connectivity index (χ3v) is 9.26. The van der Waals surface area contributed by atoms with Gasteiger partial charge in [-0.2, -0.15) is 0 Å². The first-order valence-corrected chi connectivity index (χ1v) is 11.9. The highest BCUT2D eigenvalue weighted by Crippen LogP contribution is 2.83. The van der Waals surface area contributed by atoms with Crippen molar-refractivity contribution in [3.8, 4) is 5.75 Å². The van der Waals surface area contributed by atoms with E-state index in [0.29, 0.717) is 0 Å². The number of allylic oxidation sites excluding steroid dienone is 6. The van der Waals surface area contributed by atoms with Gasteiger partial charge in [-0.1, -0.05) is 60.2 Å². The van der Waals surface area contributed by atoms with Crippen LogP contribution in [0.25, 0.3) is 0 Å². The summed E-state index contributed by atoms with van der Waals surface area (Å²) in [5.74, 6) is -0.899. The molecule has 0 radical (unpaired) electrons. The number of para-hydroxylation sites is 1. The lowest BCUT2D eigenvalue weighted by Crippen LogP contribution is -2.58. The van der Waals surface area contributed by atoms with Crippen molar-refractivity contribution in [3.05, 3.63) is 101 Å². The van der Waals surface area contributed by atoms with Crippen molar-refractivity contribution in [2.75, 3.05) is 0 Å². The van der Waals surface area contributed by atoms with Crippen LogP contribution >= 0.6 is 0 Å². The van der Waals surface area contributed by atoms with E-state index in [-0.39, 0.29) is 23.5 Å². The molecule has 5 heteroatoms. The summed E-state index contributed by atoms with van der Waals surface area (Å²) in [4.78, 5) is 39.8. The van der Waals surface area contributed by atoms with Crippen LogP contribution in [0.2, 0.25) is 0 Å². The summed E-state index contributed by atoms with van der Waals surface area (Å²) in [5, 5.41) is 0. The molecule has 34 heavy (non-hydrogen) atoms. The average molecular weight is 448 g/mol. The highest BCUT2D eigenvalue weighted by Gasteiger charge is 2.88. The quantitative estimate of drug-likeness (QED) is 0.443. The Kier molecular flexibility index (Phi) is 3.21. The monoisotopic (exact) mass is 448 g/mol. The van der Waals surface area contributed by atoms with Gasteiger partial charge in [0.25, 0.3) is 0 Å². The third-order valence-electron chi connectivity index (χ3n) is 9.26. The van der Waals surface area contributed by atoms with Crippen LogP contribution in [0.1, 0.15) is 41.6 Å². The molecule has 2 saturated carbocycles. The highest BCUT2D eigenvalue weighted by molar-refractivity contribution is 6.07. The Balaban J connectivity index is 1.53. The Morgan fingerprint density at radius 1 is 0.706 bits per heavy atom. The number of benzene rings is 2. The molecule has 0 N–H and O–H groups in total. The Hall–Kier alpha value is -3.73. The zero-order valence-corrected chi connectivity index (χ0v) is 18.2. The summed E-state index contributed by atoms with van der Waals surface area (Å²) >= 11 is 0. The SMILES string of the molecule is O=C1C=CC(=C2[C@H]3CC[C@@H]2[C@]24C(=O)OC(=O)[C@]32[C@@H]2Oc3ccccc3[C@H]4c3ccccc32)C=C1. The van der Waals surface area contributed by atoms with Crippen molar-refractivity contribution in [2.24, 2.45) is 22.7 Å². The second kappa shape index (κ2) is 5.84. The zero-order valence-electron chi connectivity index (χ0n) is 18.2. The number of hydrogen-bond donors (Lipinski definition) is 0. The van der Waals surface area contributed by atoms with Crippen molar-refractivity contribution in [1.82, 2.24) is 0 Å².